The van der Waals surface area contributed by atoms with Crippen molar-refractivity contribution in [3.63, 3.8) is 0 Å². The Hall–Kier alpha value is -1.83. The number of nitrogens with zero attached hydrogens (tertiary/aromatic N) is 1. The van der Waals surface area contributed by atoms with Crippen LogP contribution in [0, 0.1) is 6.92 Å². The van der Waals surface area contributed by atoms with Crippen LogP contribution in [0.3, 0.4) is 0 Å². The van der Waals surface area contributed by atoms with Gasteiger partial charge in [0, 0.05) is 17.0 Å². The van der Waals surface area contributed by atoms with Gasteiger partial charge in [-0.05, 0) is 25.1 Å². The molecule has 5 nitrogen and oxygen atoms in total. The summed E-state index contributed by atoms with van der Waals surface area (Å²) in [5.41, 5.74) is 1.75. The number of nitrogens with one attached hydrogen (secondary N) is 1. The third kappa shape index (κ3) is 3.01. The predicted octanol–water partition coefficient (Wildman–Crippen LogP) is 4.17. The molecule has 3 rings (SSSR count). The molecule has 0 radical (unpaired) electrons. The highest BCUT2D eigenvalue weighted by molar-refractivity contribution is 7.94. The summed E-state index contributed by atoms with van der Waals surface area (Å²) in [4.78, 5) is 0. The maximum absolute atomic E-state index is 12.4. The van der Waals surface area contributed by atoms with Crippen LogP contribution in [-0.4, -0.2) is 13.6 Å². The molecule has 2 heterocycles. The first-order valence-electron chi connectivity index (χ1n) is 6.25. The van der Waals surface area contributed by atoms with E-state index in [1.807, 2.05) is 0 Å². The average molecular weight is 355 g/mol. The van der Waals surface area contributed by atoms with Gasteiger partial charge >= 0.3 is 0 Å². The first-order valence-corrected chi connectivity index (χ1v) is 8.99. The van der Waals surface area contributed by atoms with Crippen LogP contribution < -0.4 is 4.72 Å². The van der Waals surface area contributed by atoms with Crippen molar-refractivity contribution in [3.05, 3.63) is 52.5 Å². The van der Waals surface area contributed by atoms with Gasteiger partial charge in [0.1, 0.15) is 4.21 Å². The lowest BCUT2D eigenvalue weighted by Crippen LogP contribution is -2.11. The fraction of sp³-hybridized carbons (Fsp3) is 0.0714. The van der Waals surface area contributed by atoms with Crippen LogP contribution in [0.15, 0.2) is 50.5 Å². The van der Waals surface area contributed by atoms with Crippen LogP contribution in [0.25, 0.3) is 11.3 Å². The number of rotatable bonds is 4. The Labute approximate surface area is 136 Å². The zero-order valence-corrected chi connectivity index (χ0v) is 13.8. The SMILES string of the molecule is Cc1cc(-c2csc(S(=O)(=O)Nc3ccccc3Cl)c2)on1. The van der Waals surface area contributed by atoms with Crippen molar-refractivity contribution in [1.82, 2.24) is 5.16 Å². The Morgan fingerprint density at radius 2 is 2.05 bits per heavy atom. The number of benzene rings is 1. The zero-order valence-electron chi connectivity index (χ0n) is 11.4. The Kier molecular flexibility index (Phi) is 3.94. The summed E-state index contributed by atoms with van der Waals surface area (Å²) in [5.74, 6) is 0.535. The number of anilines is 1. The molecule has 0 amide bonds. The summed E-state index contributed by atoms with van der Waals surface area (Å²) < 4.78 is 32.6. The fourth-order valence-electron chi connectivity index (χ4n) is 1.83. The monoisotopic (exact) mass is 354 g/mol. The van der Waals surface area contributed by atoms with E-state index in [9.17, 15) is 8.42 Å². The summed E-state index contributed by atoms with van der Waals surface area (Å²) in [7, 11) is -3.69. The first-order chi connectivity index (χ1) is 10.5. The molecular weight excluding hydrogens is 344 g/mol. The smallest absolute Gasteiger partial charge is 0.271 e. The second-order valence-electron chi connectivity index (χ2n) is 4.57. The molecular formula is C14H11ClN2O3S2. The normalized spacial score (nSPS) is 11.5. The van der Waals surface area contributed by atoms with Crippen molar-refractivity contribution in [2.75, 3.05) is 4.72 Å². The molecule has 0 spiro atoms. The van der Waals surface area contributed by atoms with Crippen molar-refractivity contribution in [3.8, 4) is 11.3 Å². The Bertz CT molecular complexity index is 916. The van der Waals surface area contributed by atoms with Crippen molar-refractivity contribution in [2.45, 2.75) is 11.1 Å². The Balaban J connectivity index is 1.90. The lowest BCUT2D eigenvalue weighted by Gasteiger charge is -2.07. The largest absolute Gasteiger partial charge is 0.356 e. The molecule has 1 aromatic carbocycles. The van der Waals surface area contributed by atoms with Gasteiger partial charge in [-0.15, -0.1) is 11.3 Å². The molecule has 0 aliphatic carbocycles. The third-order valence-electron chi connectivity index (χ3n) is 2.87. The highest BCUT2D eigenvalue weighted by atomic mass is 35.5. The number of aryl methyl sites for hydroxylation is 1. The number of sulfonamides is 1. The molecule has 0 atom stereocenters. The summed E-state index contributed by atoms with van der Waals surface area (Å²) in [5, 5.41) is 5.84. The topological polar surface area (TPSA) is 72.2 Å². The maximum atomic E-state index is 12.4. The molecule has 114 valence electrons. The highest BCUT2D eigenvalue weighted by Gasteiger charge is 2.19. The van der Waals surface area contributed by atoms with E-state index in [0.29, 0.717) is 22.0 Å². The van der Waals surface area contributed by atoms with Crippen LogP contribution in [0.2, 0.25) is 5.02 Å². The van der Waals surface area contributed by atoms with E-state index in [1.165, 1.54) is 0 Å². The number of hydrogen-bond acceptors (Lipinski definition) is 5. The summed E-state index contributed by atoms with van der Waals surface area (Å²) in [6.07, 6.45) is 0. The minimum atomic E-state index is -3.69. The van der Waals surface area contributed by atoms with Gasteiger partial charge in [0.05, 0.1) is 16.4 Å². The van der Waals surface area contributed by atoms with Crippen LogP contribution in [0.5, 0.6) is 0 Å². The van der Waals surface area contributed by atoms with E-state index < -0.39 is 10.0 Å². The van der Waals surface area contributed by atoms with Crippen molar-refractivity contribution in [1.29, 1.82) is 0 Å². The number of para-hydroxylation sites is 1. The second-order valence-corrected chi connectivity index (χ2v) is 7.80. The van der Waals surface area contributed by atoms with Gasteiger partial charge < -0.3 is 4.52 Å². The first kappa shape index (κ1) is 15.1. The molecule has 3 aromatic rings. The fourth-order valence-corrected chi connectivity index (χ4v) is 4.31. The van der Waals surface area contributed by atoms with Crippen molar-refractivity contribution in [2.24, 2.45) is 0 Å². The third-order valence-corrected chi connectivity index (χ3v) is 6.01. The molecule has 22 heavy (non-hydrogen) atoms. The lowest BCUT2D eigenvalue weighted by atomic mass is 10.2. The standard InChI is InChI=1S/C14H11ClN2O3S2/c1-9-6-13(20-16-9)10-7-14(21-8-10)22(18,19)17-12-5-3-2-4-11(12)15/h2-8,17H,1H3. The lowest BCUT2D eigenvalue weighted by molar-refractivity contribution is 0.427. The molecule has 0 unspecified atom stereocenters. The zero-order chi connectivity index (χ0) is 15.7. The van der Waals surface area contributed by atoms with Gasteiger partial charge in [-0.25, -0.2) is 8.42 Å². The number of hydrogen-bond donors (Lipinski definition) is 1. The molecule has 0 aliphatic rings. The van der Waals surface area contributed by atoms with E-state index in [2.05, 4.69) is 9.88 Å². The summed E-state index contributed by atoms with van der Waals surface area (Å²) >= 11 is 7.08. The quantitative estimate of drug-likeness (QED) is 0.763. The molecule has 1 N–H and O–H groups in total. The molecule has 0 bridgehead atoms. The van der Waals surface area contributed by atoms with Gasteiger partial charge in [-0.1, -0.05) is 28.9 Å². The van der Waals surface area contributed by atoms with E-state index in [-0.39, 0.29) is 4.21 Å². The van der Waals surface area contributed by atoms with Crippen LogP contribution in [0.1, 0.15) is 5.69 Å². The van der Waals surface area contributed by atoms with Gasteiger partial charge in [0.15, 0.2) is 5.76 Å². The Morgan fingerprint density at radius 3 is 2.73 bits per heavy atom. The van der Waals surface area contributed by atoms with Crippen LogP contribution >= 0.6 is 22.9 Å². The Morgan fingerprint density at radius 1 is 1.27 bits per heavy atom. The minimum Gasteiger partial charge on any atom is -0.356 e. The number of halogens is 1. The van der Waals surface area contributed by atoms with E-state index in [4.69, 9.17) is 16.1 Å². The molecule has 8 heteroatoms. The number of aromatic nitrogens is 1. The second kappa shape index (κ2) is 5.75. The predicted molar refractivity (Wildman–Crippen MR) is 86.8 cm³/mol. The highest BCUT2D eigenvalue weighted by Crippen LogP contribution is 2.31. The molecule has 0 fully saturated rings. The van der Waals surface area contributed by atoms with E-state index in [1.54, 1.807) is 48.7 Å². The van der Waals surface area contributed by atoms with Crippen LogP contribution in [-0.2, 0) is 10.0 Å². The molecule has 0 saturated carbocycles. The van der Waals surface area contributed by atoms with Gasteiger partial charge in [-0.2, -0.15) is 0 Å². The minimum absolute atomic E-state index is 0.177. The summed E-state index contributed by atoms with van der Waals surface area (Å²) in [6.45, 7) is 1.80. The van der Waals surface area contributed by atoms with Gasteiger partial charge in [0.25, 0.3) is 10.0 Å². The van der Waals surface area contributed by atoms with Gasteiger partial charge in [0.2, 0.25) is 0 Å². The maximum Gasteiger partial charge on any atom is 0.271 e. The summed E-state index contributed by atoms with van der Waals surface area (Å²) in [6, 6.07) is 9.96. The van der Waals surface area contributed by atoms with Crippen molar-refractivity contribution >= 4 is 38.6 Å². The van der Waals surface area contributed by atoms with Crippen molar-refractivity contribution < 1.29 is 12.9 Å². The average Bonchev–Trinajstić information content (AvgIpc) is 3.10. The number of thiophene rings is 1. The van der Waals surface area contributed by atoms with Crippen LogP contribution in [0.4, 0.5) is 5.69 Å². The van der Waals surface area contributed by atoms with Gasteiger partial charge in [-0.3, -0.25) is 4.72 Å². The molecule has 0 aliphatic heterocycles. The van der Waals surface area contributed by atoms with E-state index in [0.717, 1.165) is 17.0 Å². The van der Waals surface area contributed by atoms with E-state index >= 15 is 0 Å². The molecule has 0 saturated heterocycles. The molecule has 2 aromatic heterocycles.